The zero-order valence-corrected chi connectivity index (χ0v) is 5.95. The minimum atomic E-state index is -0.125. The van der Waals surface area contributed by atoms with Crippen molar-refractivity contribution in [3.8, 4) is 0 Å². The topological polar surface area (TPSA) is 40.5 Å². The summed E-state index contributed by atoms with van der Waals surface area (Å²) < 4.78 is 0. The minimum Gasteiger partial charge on any atom is -0.394 e. The van der Waals surface area contributed by atoms with E-state index in [9.17, 15) is 0 Å². The Bertz CT molecular complexity index is 9.61. The van der Waals surface area contributed by atoms with Gasteiger partial charge in [-0.1, -0.05) is 0 Å². The van der Waals surface area contributed by atoms with Gasteiger partial charge >= 0.3 is 0 Å². The number of rotatable bonds is 1. The molecule has 2 nitrogen and oxygen atoms in total. The predicted molar refractivity (Wildman–Crippen MR) is 14.2 cm³/mol. The maximum absolute atomic E-state index is 7.62. The van der Waals surface area contributed by atoms with Crippen LogP contribution in [-0.4, -0.2) is 23.4 Å². The fourth-order valence-corrected chi connectivity index (χ4v) is 0. The van der Waals surface area contributed by atoms with Crippen molar-refractivity contribution in [2.75, 3.05) is 13.2 Å². The summed E-state index contributed by atoms with van der Waals surface area (Å²) in [4.78, 5) is 0. The SMILES string of the molecule is OCCO.[Ce]. The van der Waals surface area contributed by atoms with Gasteiger partial charge in [-0.25, -0.2) is 0 Å². The van der Waals surface area contributed by atoms with E-state index in [2.05, 4.69) is 0 Å². The van der Waals surface area contributed by atoms with Gasteiger partial charge in [0, 0.05) is 41.7 Å². The Morgan fingerprint density at radius 1 is 1.00 bits per heavy atom. The van der Waals surface area contributed by atoms with Gasteiger partial charge in [0.05, 0.1) is 13.2 Å². The molecule has 0 aromatic rings. The second-order valence-corrected chi connectivity index (χ2v) is 0.447. The molecule has 0 amide bonds. The van der Waals surface area contributed by atoms with Gasteiger partial charge in [-0.15, -0.1) is 0 Å². The van der Waals surface area contributed by atoms with E-state index >= 15 is 0 Å². The Hall–Kier alpha value is 1.30. The molecule has 0 aromatic heterocycles. The minimum absolute atomic E-state index is 0. The first-order chi connectivity index (χ1) is 1.91. The maximum Gasteiger partial charge on any atom is 0.0662 e. The third kappa shape index (κ3) is 10.9. The standard InChI is InChI=1S/C2H6O2.Ce/c3-1-2-4;/h3-4H,1-2H2;. The normalized spacial score (nSPS) is 6.00. The average Bonchev–Trinajstić information content (AvgIpc) is 1.37. The molecule has 0 saturated heterocycles. The molecule has 5 heavy (non-hydrogen) atoms. The van der Waals surface area contributed by atoms with Crippen LogP contribution in [-0.2, 0) is 0 Å². The largest absolute Gasteiger partial charge is 0.394 e. The smallest absolute Gasteiger partial charge is 0.0662 e. The van der Waals surface area contributed by atoms with E-state index in [1.54, 1.807) is 0 Å². The Balaban J connectivity index is 0. The van der Waals surface area contributed by atoms with Crippen molar-refractivity contribution >= 4 is 0 Å². The predicted octanol–water partition coefficient (Wildman–Crippen LogP) is -1.03. The van der Waals surface area contributed by atoms with Gasteiger partial charge < -0.3 is 10.2 Å². The van der Waals surface area contributed by atoms with E-state index in [-0.39, 0.29) is 55.0 Å². The summed E-state index contributed by atoms with van der Waals surface area (Å²) in [5, 5.41) is 15.2. The van der Waals surface area contributed by atoms with E-state index in [0.29, 0.717) is 0 Å². The van der Waals surface area contributed by atoms with E-state index in [0.717, 1.165) is 0 Å². The molecule has 0 spiro atoms. The van der Waals surface area contributed by atoms with Crippen LogP contribution >= 0.6 is 0 Å². The van der Waals surface area contributed by atoms with E-state index in [1.165, 1.54) is 0 Å². The first-order valence-electron chi connectivity index (χ1n) is 1.13. The van der Waals surface area contributed by atoms with Gasteiger partial charge in [0.25, 0.3) is 0 Å². The second kappa shape index (κ2) is 9.00. The molecule has 0 aromatic carbocycles. The van der Waals surface area contributed by atoms with E-state index < -0.39 is 0 Å². The molecule has 0 bridgehead atoms. The first-order valence-corrected chi connectivity index (χ1v) is 1.13. The summed E-state index contributed by atoms with van der Waals surface area (Å²) >= 11 is 0. The van der Waals surface area contributed by atoms with Crippen LogP contribution in [0.15, 0.2) is 0 Å². The molecule has 0 atom stereocenters. The van der Waals surface area contributed by atoms with Crippen LogP contribution in [0.1, 0.15) is 0 Å². The number of hydrogen-bond donors (Lipinski definition) is 2. The number of aliphatic hydroxyl groups is 2. The fourth-order valence-electron chi connectivity index (χ4n) is 0. The van der Waals surface area contributed by atoms with Crippen molar-refractivity contribution < 1.29 is 52.0 Å². The van der Waals surface area contributed by atoms with Crippen molar-refractivity contribution in [1.82, 2.24) is 0 Å². The summed E-state index contributed by atoms with van der Waals surface area (Å²) in [5.74, 6) is 0. The quantitative estimate of drug-likeness (QED) is 0.571. The number of aliphatic hydroxyl groups excluding tert-OH is 2. The van der Waals surface area contributed by atoms with Gasteiger partial charge in [0.1, 0.15) is 0 Å². The van der Waals surface area contributed by atoms with Gasteiger partial charge in [0.15, 0.2) is 0 Å². The number of hydrogen-bond acceptors (Lipinski definition) is 2. The van der Waals surface area contributed by atoms with Crippen LogP contribution in [0.3, 0.4) is 0 Å². The third-order valence-electron chi connectivity index (χ3n) is 0.1000. The zero-order valence-electron chi connectivity index (χ0n) is 2.81. The molecule has 0 aliphatic rings. The van der Waals surface area contributed by atoms with Gasteiger partial charge in [-0.05, 0) is 0 Å². The van der Waals surface area contributed by atoms with Crippen molar-refractivity contribution in [2.24, 2.45) is 0 Å². The molecule has 2 N–H and O–H groups in total. The van der Waals surface area contributed by atoms with Crippen LogP contribution in [0.4, 0.5) is 0 Å². The molecular weight excluding hydrogens is 196 g/mol. The Kier molecular flexibility index (Phi) is 17.2. The van der Waals surface area contributed by atoms with Crippen LogP contribution in [0.5, 0.6) is 0 Å². The van der Waals surface area contributed by atoms with Gasteiger partial charge in [-0.2, -0.15) is 0 Å². The molecule has 0 saturated carbocycles. The molecule has 0 aliphatic heterocycles. The van der Waals surface area contributed by atoms with Crippen molar-refractivity contribution in [1.29, 1.82) is 0 Å². The Labute approximate surface area is 64.6 Å². The van der Waals surface area contributed by atoms with Crippen molar-refractivity contribution in [3.05, 3.63) is 0 Å². The Morgan fingerprint density at radius 2 is 1.20 bits per heavy atom. The maximum atomic E-state index is 7.62. The average molecular weight is 202 g/mol. The molecule has 30 valence electrons. The summed E-state index contributed by atoms with van der Waals surface area (Å²) in [6.45, 7) is -0.250. The molecule has 0 fully saturated rings. The molecule has 0 rings (SSSR count). The van der Waals surface area contributed by atoms with Crippen LogP contribution in [0.2, 0.25) is 0 Å². The fraction of sp³-hybridized carbons (Fsp3) is 1.00. The summed E-state index contributed by atoms with van der Waals surface area (Å²) in [7, 11) is 0. The van der Waals surface area contributed by atoms with Gasteiger partial charge in [-0.3, -0.25) is 0 Å². The summed E-state index contributed by atoms with van der Waals surface area (Å²) in [6.07, 6.45) is 0. The summed E-state index contributed by atoms with van der Waals surface area (Å²) in [5.41, 5.74) is 0. The molecule has 0 heterocycles. The van der Waals surface area contributed by atoms with Crippen molar-refractivity contribution in [3.63, 3.8) is 0 Å². The second-order valence-electron chi connectivity index (χ2n) is 0.447. The third-order valence-corrected chi connectivity index (χ3v) is 0.1000. The van der Waals surface area contributed by atoms with Crippen LogP contribution < -0.4 is 0 Å². The molecule has 3 heteroatoms. The molecule has 0 unspecified atom stereocenters. The van der Waals surface area contributed by atoms with Gasteiger partial charge in [0.2, 0.25) is 0 Å². The monoisotopic (exact) mass is 202 g/mol. The summed E-state index contributed by atoms with van der Waals surface area (Å²) in [6, 6.07) is 0. The Morgan fingerprint density at radius 3 is 1.20 bits per heavy atom. The van der Waals surface area contributed by atoms with Crippen LogP contribution in [0, 0.1) is 41.7 Å². The van der Waals surface area contributed by atoms with E-state index in [4.69, 9.17) is 10.2 Å². The molecule has 0 radical (unpaired) electrons. The van der Waals surface area contributed by atoms with Crippen molar-refractivity contribution in [2.45, 2.75) is 0 Å². The first kappa shape index (κ1) is 9.57. The zero-order chi connectivity index (χ0) is 3.41. The molecule has 0 aliphatic carbocycles. The van der Waals surface area contributed by atoms with E-state index in [1.807, 2.05) is 0 Å². The van der Waals surface area contributed by atoms with Crippen LogP contribution in [0.25, 0.3) is 0 Å². The molecular formula is C2H6CeO2.